The van der Waals surface area contributed by atoms with Crippen molar-refractivity contribution < 1.29 is 4.74 Å². The lowest BCUT2D eigenvalue weighted by molar-refractivity contribution is -0.0437. The molecule has 2 aliphatic rings. The zero-order chi connectivity index (χ0) is 10.2. The minimum Gasteiger partial charge on any atom is -0.372 e. The van der Waals surface area contributed by atoms with E-state index in [2.05, 4.69) is 29.8 Å². The Kier molecular flexibility index (Phi) is 2.96. The highest BCUT2D eigenvalue weighted by Gasteiger charge is 2.41. The van der Waals surface area contributed by atoms with Crippen molar-refractivity contribution in [3.8, 4) is 0 Å². The Morgan fingerprint density at radius 2 is 2.00 bits per heavy atom. The van der Waals surface area contributed by atoms with Gasteiger partial charge in [0.25, 0.3) is 0 Å². The average molecular weight is 261 g/mol. The van der Waals surface area contributed by atoms with E-state index in [0.717, 1.165) is 0 Å². The van der Waals surface area contributed by atoms with Gasteiger partial charge in [-0.3, -0.25) is 0 Å². The van der Waals surface area contributed by atoms with Crippen LogP contribution in [0, 0.1) is 5.41 Å². The van der Waals surface area contributed by atoms with Crippen LogP contribution in [0.15, 0.2) is 0 Å². The summed E-state index contributed by atoms with van der Waals surface area (Å²) < 4.78 is 6.06. The maximum Gasteiger partial charge on any atom is 0.0631 e. The third-order valence-electron chi connectivity index (χ3n) is 3.91. The fourth-order valence-electron chi connectivity index (χ4n) is 2.77. The zero-order valence-electron chi connectivity index (χ0n) is 9.31. The van der Waals surface area contributed by atoms with Crippen molar-refractivity contribution in [1.82, 2.24) is 0 Å². The summed E-state index contributed by atoms with van der Waals surface area (Å²) in [6.07, 6.45) is 8.53. The summed E-state index contributed by atoms with van der Waals surface area (Å²) in [6.45, 7) is 4.43. The minimum atomic E-state index is 0.141. The van der Waals surface area contributed by atoms with Crippen LogP contribution in [0.1, 0.15) is 52.4 Å². The van der Waals surface area contributed by atoms with Crippen molar-refractivity contribution >= 4 is 15.9 Å². The first-order valence-electron chi connectivity index (χ1n) is 5.79. The molecule has 0 amide bonds. The van der Waals surface area contributed by atoms with E-state index in [1.54, 1.807) is 0 Å². The van der Waals surface area contributed by atoms with Crippen LogP contribution >= 0.6 is 15.9 Å². The first kappa shape index (κ1) is 10.9. The summed E-state index contributed by atoms with van der Waals surface area (Å²) in [5.74, 6) is 0. The van der Waals surface area contributed by atoms with Crippen molar-refractivity contribution in [2.75, 3.05) is 5.33 Å². The monoisotopic (exact) mass is 260 g/mol. The van der Waals surface area contributed by atoms with Gasteiger partial charge >= 0.3 is 0 Å². The summed E-state index contributed by atoms with van der Waals surface area (Å²) in [5.41, 5.74) is 0.729. The average Bonchev–Trinajstić information content (AvgIpc) is 2.38. The smallest absolute Gasteiger partial charge is 0.0631 e. The number of hydrogen-bond acceptors (Lipinski definition) is 1. The van der Waals surface area contributed by atoms with Gasteiger partial charge in [0.05, 0.1) is 11.7 Å². The molecule has 1 aliphatic carbocycles. The number of rotatable bonds is 3. The highest BCUT2D eigenvalue weighted by molar-refractivity contribution is 9.09. The normalized spacial score (nSPS) is 34.1. The number of alkyl halides is 1. The Hall–Kier alpha value is 0.440. The van der Waals surface area contributed by atoms with E-state index in [1.165, 1.54) is 43.9 Å². The topological polar surface area (TPSA) is 9.23 Å². The lowest BCUT2D eigenvalue weighted by atomic mass is 9.67. The van der Waals surface area contributed by atoms with Gasteiger partial charge in [-0.25, -0.2) is 0 Å². The van der Waals surface area contributed by atoms with Gasteiger partial charge in [-0.2, -0.15) is 0 Å². The van der Waals surface area contributed by atoms with Gasteiger partial charge in [-0.15, -0.1) is 0 Å². The summed E-state index contributed by atoms with van der Waals surface area (Å²) in [5, 5.41) is 1.17. The van der Waals surface area contributed by atoms with Crippen LogP contribution in [-0.4, -0.2) is 17.0 Å². The van der Waals surface area contributed by atoms with Crippen LogP contribution in [0.2, 0.25) is 0 Å². The molecular formula is C12H21BrO. The van der Waals surface area contributed by atoms with Crippen molar-refractivity contribution in [3.63, 3.8) is 0 Å². The first-order chi connectivity index (χ1) is 6.55. The molecule has 0 radical (unpaired) electrons. The molecule has 1 unspecified atom stereocenters. The van der Waals surface area contributed by atoms with Gasteiger partial charge < -0.3 is 4.74 Å². The van der Waals surface area contributed by atoms with Crippen molar-refractivity contribution in [3.05, 3.63) is 0 Å². The van der Waals surface area contributed by atoms with E-state index in [0.29, 0.717) is 11.5 Å². The summed E-state index contributed by atoms with van der Waals surface area (Å²) >= 11 is 3.66. The summed E-state index contributed by atoms with van der Waals surface area (Å²) in [7, 11) is 0. The Balaban J connectivity index is 1.86. The SMILES string of the molecule is CC1(C)CCC(CC2(CBr)CCC2)O1. The number of ether oxygens (including phenoxy) is 1. The molecule has 2 fully saturated rings. The molecule has 14 heavy (non-hydrogen) atoms. The van der Waals surface area contributed by atoms with Crippen LogP contribution < -0.4 is 0 Å². The molecule has 82 valence electrons. The standard InChI is InChI=1S/C12H21BrO/c1-11(2)7-4-10(14-11)8-12(9-13)5-3-6-12/h10H,3-9H2,1-2H3. The lowest BCUT2D eigenvalue weighted by Gasteiger charge is -2.42. The number of halogens is 1. The predicted octanol–water partition coefficient (Wildman–Crippen LogP) is 3.90. The molecule has 1 aliphatic heterocycles. The first-order valence-corrected chi connectivity index (χ1v) is 6.91. The predicted molar refractivity (Wildman–Crippen MR) is 62.9 cm³/mol. The molecular weight excluding hydrogens is 240 g/mol. The van der Waals surface area contributed by atoms with Crippen LogP contribution in [0.3, 0.4) is 0 Å². The third kappa shape index (κ3) is 2.16. The van der Waals surface area contributed by atoms with Gasteiger partial charge in [0.15, 0.2) is 0 Å². The second-order valence-electron chi connectivity index (χ2n) is 5.73. The Morgan fingerprint density at radius 1 is 1.29 bits per heavy atom. The van der Waals surface area contributed by atoms with Gasteiger partial charge in [-0.05, 0) is 51.4 Å². The molecule has 0 bridgehead atoms. The third-order valence-corrected chi connectivity index (χ3v) is 5.10. The highest BCUT2D eigenvalue weighted by Crippen LogP contribution is 2.48. The molecule has 1 nitrogen and oxygen atoms in total. The zero-order valence-corrected chi connectivity index (χ0v) is 10.9. The summed E-state index contributed by atoms with van der Waals surface area (Å²) in [6, 6.07) is 0. The van der Waals surface area contributed by atoms with Crippen LogP contribution in [0.25, 0.3) is 0 Å². The van der Waals surface area contributed by atoms with E-state index in [-0.39, 0.29) is 5.60 Å². The van der Waals surface area contributed by atoms with E-state index in [1.807, 2.05) is 0 Å². The van der Waals surface area contributed by atoms with E-state index < -0.39 is 0 Å². The quantitative estimate of drug-likeness (QED) is 0.700. The molecule has 0 spiro atoms. The molecule has 0 aromatic rings. The fraction of sp³-hybridized carbons (Fsp3) is 1.00. The molecule has 0 aromatic carbocycles. The molecule has 1 saturated carbocycles. The molecule has 0 N–H and O–H groups in total. The second-order valence-corrected chi connectivity index (χ2v) is 6.29. The van der Waals surface area contributed by atoms with E-state index in [9.17, 15) is 0 Å². The van der Waals surface area contributed by atoms with Crippen LogP contribution in [0.4, 0.5) is 0 Å². The molecule has 1 atom stereocenters. The van der Waals surface area contributed by atoms with Crippen LogP contribution in [-0.2, 0) is 4.74 Å². The Bertz CT molecular complexity index is 203. The molecule has 1 heterocycles. The largest absolute Gasteiger partial charge is 0.372 e. The van der Waals surface area contributed by atoms with E-state index >= 15 is 0 Å². The van der Waals surface area contributed by atoms with E-state index in [4.69, 9.17) is 4.74 Å². The van der Waals surface area contributed by atoms with Crippen molar-refractivity contribution in [2.45, 2.75) is 64.1 Å². The van der Waals surface area contributed by atoms with Crippen LogP contribution in [0.5, 0.6) is 0 Å². The van der Waals surface area contributed by atoms with Gasteiger partial charge in [-0.1, -0.05) is 22.4 Å². The van der Waals surface area contributed by atoms with Crippen molar-refractivity contribution in [2.24, 2.45) is 5.41 Å². The molecule has 2 heteroatoms. The highest BCUT2D eigenvalue weighted by atomic mass is 79.9. The molecule has 2 rings (SSSR count). The van der Waals surface area contributed by atoms with Crippen molar-refractivity contribution in [1.29, 1.82) is 0 Å². The minimum absolute atomic E-state index is 0.141. The lowest BCUT2D eigenvalue weighted by Crippen LogP contribution is -2.35. The summed E-state index contributed by atoms with van der Waals surface area (Å²) in [4.78, 5) is 0. The van der Waals surface area contributed by atoms with Gasteiger partial charge in [0.2, 0.25) is 0 Å². The maximum absolute atomic E-state index is 6.06. The van der Waals surface area contributed by atoms with Gasteiger partial charge in [0.1, 0.15) is 0 Å². The van der Waals surface area contributed by atoms with Gasteiger partial charge in [0, 0.05) is 5.33 Å². The molecule has 1 saturated heterocycles. The fourth-order valence-corrected chi connectivity index (χ4v) is 3.56. The second kappa shape index (κ2) is 3.79. The molecule has 0 aromatic heterocycles. The maximum atomic E-state index is 6.06. The Morgan fingerprint density at radius 3 is 2.36 bits per heavy atom. The number of hydrogen-bond donors (Lipinski definition) is 0. The Labute approximate surface area is 95.7 Å².